The van der Waals surface area contributed by atoms with Gasteiger partial charge in [0.05, 0.1) is 39.1 Å². The number of aliphatic hydroxyl groups excluding tert-OH is 1. The molecule has 7 nitrogen and oxygen atoms in total. The van der Waals surface area contributed by atoms with Crippen LogP contribution in [0.4, 0.5) is 0 Å². The van der Waals surface area contributed by atoms with Crippen LogP contribution in [0.5, 0.6) is 0 Å². The molecule has 1 saturated carbocycles. The van der Waals surface area contributed by atoms with E-state index in [2.05, 4.69) is 12.0 Å². The van der Waals surface area contributed by atoms with Crippen LogP contribution in [0.15, 0.2) is 0 Å². The standard InChI is InChI=1S/C14H29O7P/c1-3-4-18-5-6-19-7-8-20-22(16,17)21-11-13-9-12(2)10-14(13)15/h12-15H,3-11H2,1-2H3,(H,16,17)/t12-,13-,14+/m1/s1/i15T. The van der Waals surface area contributed by atoms with E-state index in [1.165, 1.54) is 0 Å². The van der Waals surface area contributed by atoms with Gasteiger partial charge in [0.2, 0.25) is 1.43 Å². The van der Waals surface area contributed by atoms with E-state index >= 15 is 0 Å². The minimum atomic E-state index is -4.10. The highest BCUT2D eigenvalue weighted by molar-refractivity contribution is 7.47. The summed E-state index contributed by atoms with van der Waals surface area (Å²) in [7, 11) is -4.10. The molecule has 0 aromatic rings. The van der Waals surface area contributed by atoms with Crippen LogP contribution in [0.2, 0.25) is 0 Å². The average molecular weight is 342 g/mol. The second kappa shape index (κ2) is 10.7. The first-order valence-corrected chi connectivity index (χ1v) is 9.37. The highest BCUT2D eigenvalue weighted by Crippen LogP contribution is 2.44. The quantitative estimate of drug-likeness (QED) is 0.390. The van der Waals surface area contributed by atoms with Crippen LogP contribution in [0, 0.1) is 11.8 Å². The Labute approximate surface area is 134 Å². The third-order valence-electron chi connectivity index (χ3n) is 3.52. The summed E-state index contributed by atoms with van der Waals surface area (Å²) in [4.78, 5) is 9.62. The SMILES string of the molecule is [3H]O[C@H]1C[C@H](C)C[C@@H]1COP(=O)(O)OCCOCCOCCC. The largest absolute Gasteiger partial charge is 0.472 e. The van der Waals surface area contributed by atoms with E-state index < -0.39 is 7.82 Å². The maximum Gasteiger partial charge on any atom is 0.472 e. The van der Waals surface area contributed by atoms with Crippen molar-refractivity contribution in [1.82, 2.24) is 0 Å². The number of ether oxygens (including phenoxy) is 2. The highest BCUT2D eigenvalue weighted by atomic mass is 31.2. The summed E-state index contributed by atoms with van der Waals surface area (Å²) in [6.07, 6.45) is 2.28. The molecule has 8 heteroatoms. The van der Waals surface area contributed by atoms with Crippen molar-refractivity contribution >= 4 is 7.82 Å². The van der Waals surface area contributed by atoms with Gasteiger partial charge in [0.1, 0.15) is 0 Å². The fourth-order valence-corrected chi connectivity index (χ4v) is 3.19. The van der Waals surface area contributed by atoms with Crippen molar-refractivity contribution < 1.29 is 33.1 Å². The Hall–Kier alpha value is -0.0100. The van der Waals surface area contributed by atoms with Crippen molar-refractivity contribution in [2.24, 2.45) is 11.8 Å². The van der Waals surface area contributed by atoms with Gasteiger partial charge in [0.15, 0.2) is 0 Å². The number of rotatable bonds is 13. The Bertz CT molecular complexity index is 358. The van der Waals surface area contributed by atoms with Crippen LogP contribution in [0.25, 0.3) is 0 Å². The molecule has 22 heavy (non-hydrogen) atoms. The third-order valence-corrected chi connectivity index (χ3v) is 4.50. The molecule has 0 saturated heterocycles. The predicted octanol–water partition coefficient (Wildman–Crippen LogP) is 1.97. The maximum atomic E-state index is 11.8. The molecule has 4 atom stereocenters. The number of aliphatic hydroxyl groups is 1. The van der Waals surface area contributed by atoms with Crippen molar-refractivity contribution in [3.05, 3.63) is 0 Å². The van der Waals surface area contributed by atoms with Crippen LogP contribution in [-0.2, 0) is 23.1 Å². The van der Waals surface area contributed by atoms with Gasteiger partial charge in [-0.05, 0) is 25.2 Å². The van der Waals surface area contributed by atoms with E-state index in [1.54, 1.807) is 0 Å². The first kappa shape index (κ1) is 18.3. The molecule has 1 aliphatic rings. The van der Waals surface area contributed by atoms with Crippen LogP contribution in [0.3, 0.4) is 0 Å². The first-order valence-electron chi connectivity index (χ1n) is 8.28. The Kier molecular flexibility index (Phi) is 8.92. The molecule has 1 unspecified atom stereocenters. The summed E-state index contributed by atoms with van der Waals surface area (Å²) in [5.74, 6) is 0.361. The van der Waals surface area contributed by atoms with Crippen molar-refractivity contribution in [3.63, 3.8) is 0 Å². The van der Waals surface area contributed by atoms with Crippen LogP contribution in [-0.4, -0.2) is 57.2 Å². The van der Waals surface area contributed by atoms with Gasteiger partial charge in [-0.15, -0.1) is 0 Å². The van der Waals surface area contributed by atoms with E-state index in [0.29, 0.717) is 25.7 Å². The molecular formula is C14H29O7P. The van der Waals surface area contributed by atoms with Crippen molar-refractivity contribution in [2.75, 3.05) is 39.6 Å². The second-order valence-electron chi connectivity index (χ2n) is 5.70. The fraction of sp³-hybridized carbons (Fsp3) is 1.00. The second-order valence-corrected chi connectivity index (χ2v) is 7.15. The van der Waals surface area contributed by atoms with Crippen molar-refractivity contribution in [1.29, 1.82) is 1.43 Å². The summed E-state index contributed by atoms with van der Waals surface area (Å²) < 4.78 is 39.1. The lowest BCUT2D eigenvalue weighted by Crippen LogP contribution is -2.18. The van der Waals surface area contributed by atoms with Crippen molar-refractivity contribution in [3.8, 4) is 0 Å². The van der Waals surface area contributed by atoms with Gasteiger partial charge in [-0.2, -0.15) is 0 Å². The zero-order valence-corrected chi connectivity index (χ0v) is 14.3. The van der Waals surface area contributed by atoms with E-state index in [4.69, 9.17) is 20.0 Å². The number of phosphoric ester groups is 1. The molecule has 132 valence electrons. The summed E-state index contributed by atoms with van der Waals surface area (Å²) in [6, 6.07) is 0. The molecule has 0 bridgehead atoms. The van der Waals surface area contributed by atoms with Crippen molar-refractivity contribution in [2.45, 2.75) is 39.2 Å². The molecule has 1 rings (SSSR count). The van der Waals surface area contributed by atoms with Gasteiger partial charge in [-0.25, -0.2) is 4.57 Å². The smallest absolute Gasteiger partial charge is 0.393 e. The zero-order chi connectivity index (χ0) is 17.1. The van der Waals surface area contributed by atoms with E-state index in [1.807, 2.05) is 6.92 Å². The first-order chi connectivity index (χ1) is 11.0. The minimum absolute atomic E-state index is 0.0268. The van der Waals surface area contributed by atoms with Gasteiger partial charge in [0.25, 0.3) is 0 Å². The third kappa shape index (κ3) is 8.58. The molecule has 0 heterocycles. The van der Waals surface area contributed by atoms with Crippen LogP contribution >= 0.6 is 7.82 Å². The van der Waals surface area contributed by atoms with E-state index in [-0.39, 0.29) is 31.8 Å². The predicted molar refractivity (Wildman–Crippen MR) is 81.6 cm³/mol. The number of hydrogen-bond acceptors (Lipinski definition) is 6. The molecule has 0 radical (unpaired) electrons. The zero-order valence-electron chi connectivity index (χ0n) is 14.4. The lowest BCUT2D eigenvalue weighted by molar-refractivity contribution is 0.0270. The van der Waals surface area contributed by atoms with Gasteiger partial charge in [-0.3, -0.25) is 9.05 Å². The van der Waals surface area contributed by atoms with Gasteiger partial charge < -0.3 is 19.5 Å². The normalized spacial score (nSPS) is 28.5. The molecule has 1 aliphatic carbocycles. The summed E-state index contributed by atoms with van der Waals surface area (Å²) in [6.45, 7) is 5.91. The summed E-state index contributed by atoms with van der Waals surface area (Å²) in [5.41, 5.74) is 0. The highest BCUT2D eigenvalue weighted by Gasteiger charge is 2.33. The monoisotopic (exact) mass is 342 g/mol. The topological polar surface area (TPSA) is 94.5 Å². The Morgan fingerprint density at radius 1 is 1.14 bits per heavy atom. The van der Waals surface area contributed by atoms with Gasteiger partial charge in [-0.1, -0.05) is 13.8 Å². The molecule has 0 aromatic heterocycles. The molecule has 0 aromatic carbocycles. The van der Waals surface area contributed by atoms with Crippen LogP contribution in [0.1, 0.15) is 33.1 Å². The molecule has 1 fully saturated rings. The Morgan fingerprint density at radius 2 is 1.82 bits per heavy atom. The Morgan fingerprint density at radius 3 is 2.50 bits per heavy atom. The number of hydrogen-bond donors (Lipinski definition) is 2. The molecule has 0 amide bonds. The molecule has 0 spiro atoms. The molecule has 0 aliphatic heterocycles. The maximum absolute atomic E-state index is 11.8. The lowest BCUT2D eigenvalue weighted by atomic mass is 10.1. The van der Waals surface area contributed by atoms with E-state index in [0.717, 1.165) is 19.3 Å². The fourth-order valence-electron chi connectivity index (χ4n) is 2.43. The lowest BCUT2D eigenvalue weighted by Gasteiger charge is -2.17. The minimum Gasteiger partial charge on any atom is -0.393 e. The van der Waals surface area contributed by atoms with Gasteiger partial charge in [0, 0.05) is 12.5 Å². The van der Waals surface area contributed by atoms with Crippen LogP contribution < -0.4 is 0 Å². The molecular weight excluding hydrogens is 311 g/mol. The summed E-state index contributed by atoms with van der Waals surface area (Å²) >= 11 is 0. The van der Waals surface area contributed by atoms with E-state index in [9.17, 15) is 9.46 Å². The van der Waals surface area contributed by atoms with Gasteiger partial charge >= 0.3 is 7.82 Å². The molecule has 2 N–H and O–H groups in total. The Balaban J connectivity index is 2.10. The number of phosphoric acid groups is 1. The summed E-state index contributed by atoms with van der Waals surface area (Å²) in [5, 5.41) is 4.64. The average Bonchev–Trinajstić information content (AvgIpc) is 2.88.